The van der Waals surface area contributed by atoms with Gasteiger partial charge in [0.15, 0.2) is 6.61 Å². The van der Waals surface area contributed by atoms with Gasteiger partial charge >= 0.3 is 12.3 Å². The number of carbonyl (C=O) groups excluding carboxylic acids is 1. The molecule has 0 saturated carbocycles. The third-order valence-electron chi connectivity index (χ3n) is 2.53. The molecule has 1 saturated heterocycles. The van der Waals surface area contributed by atoms with Crippen LogP contribution in [0.3, 0.4) is 0 Å². The average Bonchev–Trinajstić information content (AvgIpc) is 2.25. The van der Waals surface area contributed by atoms with Gasteiger partial charge in [-0.15, -0.1) is 0 Å². The van der Waals surface area contributed by atoms with Gasteiger partial charge in [-0.1, -0.05) is 6.92 Å². The van der Waals surface area contributed by atoms with Crippen molar-refractivity contribution < 1.29 is 27.4 Å². The Morgan fingerprint density at radius 1 is 1.53 bits per heavy atom. The highest BCUT2D eigenvalue weighted by molar-refractivity contribution is 5.68. The van der Waals surface area contributed by atoms with Gasteiger partial charge in [0, 0.05) is 0 Å². The van der Waals surface area contributed by atoms with E-state index in [1.54, 1.807) is 6.92 Å². The molecule has 2 unspecified atom stereocenters. The number of nitrogens with zero attached hydrogens (tertiary/aromatic N) is 1. The molecular formula is C10H16F3NO3. The first kappa shape index (κ1) is 14.1. The van der Waals surface area contributed by atoms with Gasteiger partial charge in [0.1, 0.15) is 0 Å². The predicted octanol–water partition coefficient (Wildman–Crippen LogP) is 2.18. The Balaban J connectivity index is 2.53. The van der Waals surface area contributed by atoms with Crippen LogP contribution in [0.25, 0.3) is 0 Å². The van der Waals surface area contributed by atoms with E-state index in [4.69, 9.17) is 4.74 Å². The van der Waals surface area contributed by atoms with E-state index in [9.17, 15) is 18.0 Å². The van der Waals surface area contributed by atoms with E-state index < -0.39 is 18.9 Å². The van der Waals surface area contributed by atoms with Crippen molar-refractivity contribution >= 4 is 6.09 Å². The number of alkyl halides is 3. The van der Waals surface area contributed by atoms with Crippen LogP contribution in [0, 0.1) is 0 Å². The van der Waals surface area contributed by atoms with Gasteiger partial charge in [0.25, 0.3) is 0 Å². The first-order valence-electron chi connectivity index (χ1n) is 5.45. The van der Waals surface area contributed by atoms with Crippen molar-refractivity contribution in [3.63, 3.8) is 0 Å². The van der Waals surface area contributed by atoms with Crippen LogP contribution < -0.4 is 0 Å². The molecule has 4 nitrogen and oxygen atoms in total. The average molecular weight is 255 g/mol. The van der Waals surface area contributed by atoms with Crippen LogP contribution in [0.5, 0.6) is 0 Å². The first-order chi connectivity index (χ1) is 7.83. The van der Waals surface area contributed by atoms with E-state index in [1.807, 2.05) is 6.92 Å². The highest BCUT2D eigenvalue weighted by Gasteiger charge is 2.34. The molecule has 0 spiro atoms. The van der Waals surface area contributed by atoms with E-state index in [2.05, 4.69) is 4.74 Å². The molecule has 17 heavy (non-hydrogen) atoms. The summed E-state index contributed by atoms with van der Waals surface area (Å²) < 4.78 is 45.3. The van der Waals surface area contributed by atoms with Crippen LogP contribution in [-0.2, 0) is 9.47 Å². The largest absolute Gasteiger partial charge is 0.440 e. The highest BCUT2D eigenvalue weighted by Crippen LogP contribution is 2.18. The smallest absolute Gasteiger partial charge is 0.422 e. The maximum atomic E-state index is 11.9. The normalized spacial score (nSPS) is 25.8. The van der Waals surface area contributed by atoms with Gasteiger partial charge in [-0.05, 0) is 13.3 Å². The SMILES string of the molecule is CCC1COC(C)CN1C(=O)OCC(F)(F)F. The molecule has 1 heterocycles. The Morgan fingerprint density at radius 3 is 2.71 bits per heavy atom. The summed E-state index contributed by atoms with van der Waals surface area (Å²) in [6, 6.07) is -0.216. The van der Waals surface area contributed by atoms with E-state index in [-0.39, 0.29) is 18.7 Å². The number of amides is 1. The number of ether oxygens (including phenoxy) is 2. The molecule has 1 rings (SSSR count). The fourth-order valence-electron chi connectivity index (χ4n) is 1.63. The molecule has 7 heteroatoms. The number of hydrogen-bond acceptors (Lipinski definition) is 3. The molecule has 2 atom stereocenters. The summed E-state index contributed by atoms with van der Waals surface area (Å²) in [7, 11) is 0. The third kappa shape index (κ3) is 4.41. The molecule has 1 aliphatic rings. The number of carbonyl (C=O) groups is 1. The van der Waals surface area contributed by atoms with E-state index in [0.717, 1.165) is 0 Å². The van der Waals surface area contributed by atoms with Crippen molar-refractivity contribution in [1.82, 2.24) is 4.90 Å². The summed E-state index contributed by atoms with van der Waals surface area (Å²) in [5.74, 6) is 0. The highest BCUT2D eigenvalue weighted by atomic mass is 19.4. The molecule has 0 aromatic heterocycles. The van der Waals surface area contributed by atoms with Crippen molar-refractivity contribution in [3.8, 4) is 0 Å². The van der Waals surface area contributed by atoms with E-state index in [0.29, 0.717) is 13.0 Å². The lowest BCUT2D eigenvalue weighted by atomic mass is 10.1. The van der Waals surface area contributed by atoms with Gasteiger partial charge in [-0.25, -0.2) is 4.79 Å². The van der Waals surface area contributed by atoms with Crippen LogP contribution >= 0.6 is 0 Å². The minimum atomic E-state index is -4.49. The lowest BCUT2D eigenvalue weighted by Crippen LogP contribution is -2.51. The zero-order valence-electron chi connectivity index (χ0n) is 9.79. The minimum absolute atomic E-state index is 0.184. The number of morpholine rings is 1. The standard InChI is InChI=1S/C10H16F3NO3/c1-3-8-5-16-7(2)4-14(8)9(15)17-6-10(11,12)13/h7-8H,3-6H2,1-2H3. The topological polar surface area (TPSA) is 38.8 Å². The summed E-state index contributed by atoms with van der Waals surface area (Å²) in [6.45, 7) is 2.64. The first-order valence-corrected chi connectivity index (χ1v) is 5.45. The molecule has 0 bridgehead atoms. The second-order valence-electron chi connectivity index (χ2n) is 4.03. The zero-order chi connectivity index (χ0) is 13.1. The fourth-order valence-corrected chi connectivity index (χ4v) is 1.63. The monoisotopic (exact) mass is 255 g/mol. The van der Waals surface area contributed by atoms with Crippen LogP contribution in [0.1, 0.15) is 20.3 Å². The van der Waals surface area contributed by atoms with Crippen molar-refractivity contribution in [2.24, 2.45) is 0 Å². The van der Waals surface area contributed by atoms with E-state index >= 15 is 0 Å². The Morgan fingerprint density at radius 2 is 2.18 bits per heavy atom. The Kier molecular flexibility index (Phi) is 4.62. The molecule has 0 N–H and O–H groups in total. The maximum Gasteiger partial charge on any atom is 0.422 e. The molecule has 100 valence electrons. The molecular weight excluding hydrogens is 239 g/mol. The molecule has 0 aliphatic carbocycles. The number of rotatable bonds is 2. The van der Waals surface area contributed by atoms with Crippen LogP contribution in [0.4, 0.5) is 18.0 Å². The quantitative estimate of drug-likeness (QED) is 0.759. The summed E-state index contributed by atoms with van der Waals surface area (Å²) in [4.78, 5) is 12.8. The zero-order valence-corrected chi connectivity index (χ0v) is 9.79. The minimum Gasteiger partial charge on any atom is -0.440 e. The third-order valence-corrected chi connectivity index (χ3v) is 2.53. The summed E-state index contributed by atoms with van der Waals surface area (Å²) in [6.07, 6.45) is -4.98. The van der Waals surface area contributed by atoms with Gasteiger partial charge in [0.05, 0.1) is 25.3 Å². The lowest BCUT2D eigenvalue weighted by Gasteiger charge is -2.37. The molecule has 0 aromatic carbocycles. The van der Waals surface area contributed by atoms with Crippen molar-refractivity contribution in [2.45, 2.75) is 38.6 Å². The Labute approximate surface area is 97.7 Å². The van der Waals surface area contributed by atoms with Crippen LogP contribution in [0.2, 0.25) is 0 Å². The Bertz CT molecular complexity index is 270. The van der Waals surface area contributed by atoms with Crippen molar-refractivity contribution in [1.29, 1.82) is 0 Å². The lowest BCUT2D eigenvalue weighted by molar-refractivity contribution is -0.165. The Hall–Kier alpha value is -0.980. The summed E-state index contributed by atoms with van der Waals surface area (Å²) in [5, 5.41) is 0. The number of halogens is 3. The van der Waals surface area contributed by atoms with Gasteiger partial charge in [-0.2, -0.15) is 13.2 Å². The second-order valence-corrected chi connectivity index (χ2v) is 4.03. The molecule has 0 radical (unpaired) electrons. The fraction of sp³-hybridized carbons (Fsp3) is 0.900. The maximum absolute atomic E-state index is 11.9. The van der Waals surface area contributed by atoms with Gasteiger partial charge in [-0.3, -0.25) is 0 Å². The van der Waals surface area contributed by atoms with Gasteiger partial charge < -0.3 is 14.4 Å². The summed E-state index contributed by atoms with van der Waals surface area (Å²) >= 11 is 0. The number of hydrogen-bond donors (Lipinski definition) is 0. The van der Waals surface area contributed by atoms with Crippen LogP contribution in [0.15, 0.2) is 0 Å². The van der Waals surface area contributed by atoms with Crippen molar-refractivity contribution in [3.05, 3.63) is 0 Å². The molecule has 0 aromatic rings. The predicted molar refractivity (Wildman–Crippen MR) is 53.6 cm³/mol. The molecule has 1 fully saturated rings. The second kappa shape index (κ2) is 5.57. The van der Waals surface area contributed by atoms with Gasteiger partial charge in [0.2, 0.25) is 0 Å². The summed E-state index contributed by atoms with van der Waals surface area (Å²) in [5.41, 5.74) is 0. The molecule has 1 amide bonds. The van der Waals surface area contributed by atoms with Crippen LogP contribution in [-0.4, -0.2) is 49.1 Å². The van der Waals surface area contributed by atoms with E-state index in [1.165, 1.54) is 4.90 Å². The molecule has 1 aliphatic heterocycles. The van der Waals surface area contributed by atoms with Crippen molar-refractivity contribution in [2.75, 3.05) is 19.8 Å².